The molecule has 3 heterocycles. The maximum atomic E-state index is 12.5. The summed E-state index contributed by atoms with van der Waals surface area (Å²) in [5.41, 5.74) is 2.38. The summed E-state index contributed by atoms with van der Waals surface area (Å²) in [4.78, 5) is 16.3. The summed E-state index contributed by atoms with van der Waals surface area (Å²) in [6.45, 7) is 4.01. The quantitative estimate of drug-likeness (QED) is 0.677. The van der Waals surface area contributed by atoms with E-state index in [1.807, 2.05) is 48.0 Å². The summed E-state index contributed by atoms with van der Waals surface area (Å²) >= 11 is 0. The third-order valence-corrected chi connectivity index (χ3v) is 5.05. The Labute approximate surface area is 169 Å². The summed E-state index contributed by atoms with van der Waals surface area (Å²) in [6, 6.07) is 11.9. The fourth-order valence-corrected chi connectivity index (χ4v) is 3.49. The van der Waals surface area contributed by atoms with Crippen LogP contribution in [0.15, 0.2) is 48.7 Å². The van der Waals surface area contributed by atoms with Gasteiger partial charge in [-0.1, -0.05) is 18.2 Å². The maximum absolute atomic E-state index is 12.5. The van der Waals surface area contributed by atoms with Crippen molar-refractivity contribution in [2.24, 2.45) is 0 Å². The lowest BCUT2D eigenvalue weighted by atomic mass is 10.1. The van der Waals surface area contributed by atoms with E-state index in [0.717, 1.165) is 43.1 Å². The van der Waals surface area contributed by atoms with Crippen LogP contribution in [0.25, 0.3) is 11.8 Å². The van der Waals surface area contributed by atoms with Crippen LogP contribution < -0.4 is 5.32 Å². The Morgan fingerprint density at radius 1 is 1.17 bits per heavy atom. The summed E-state index contributed by atoms with van der Waals surface area (Å²) in [6.07, 6.45) is 6.81. The zero-order chi connectivity index (χ0) is 20.2. The fourth-order valence-electron chi connectivity index (χ4n) is 3.49. The van der Waals surface area contributed by atoms with Crippen LogP contribution in [0.5, 0.6) is 0 Å². The highest BCUT2D eigenvalue weighted by molar-refractivity contribution is 6.01. The first-order valence-electron chi connectivity index (χ1n) is 9.80. The molecule has 1 N–H and O–H groups in total. The fraction of sp³-hybridized carbons (Fsp3) is 0.333. The van der Waals surface area contributed by atoms with Gasteiger partial charge in [0.25, 0.3) is 0 Å². The van der Waals surface area contributed by atoms with Crippen molar-refractivity contribution < 1.29 is 4.79 Å². The molecule has 1 saturated heterocycles. The van der Waals surface area contributed by atoms with E-state index in [-0.39, 0.29) is 5.91 Å². The number of carbonyl (C=O) groups is 1. The third kappa shape index (κ3) is 4.60. The van der Waals surface area contributed by atoms with Gasteiger partial charge in [-0.3, -0.25) is 4.79 Å². The number of para-hydroxylation sites is 1. The van der Waals surface area contributed by atoms with Gasteiger partial charge in [0, 0.05) is 12.1 Å². The SMILES string of the molecule is Cc1cc(NC(=O)/C=C/c2cnn(-c3ccccc3)n2)n(C2CCN(C)CC2)n1. The number of piperidine rings is 1. The van der Waals surface area contributed by atoms with Gasteiger partial charge in [-0.2, -0.15) is 15.0 Å². The number of nitrogens with zero attached hydrogens (tertiary/aromatic N) is 6. The molecule has 1 amide bonds. The van der Waals surface area contributed by atoms with Crippen LogP contribution in [0.4, 0.5) is 5.82 Å². The van der Waals surface area contributed by atoms with Crippen molar-refractivity contribution in [3.05, 3.63) is 60.1 Å². The number of benzene rings is 1. The van der Waals surface area contributed by atoms with Gasteiger partial charge in [0.05, 0.1) is 23.6 Å². The molecule has 4 rings (SSSR count). The van der Waals surface area contributed by atoms with E-state index in [1.165, 1.54) is 10.9 Å². The number of anilines is 1. The van der Waals surface area contributed by atoms with E-state index in [4.69, 9.17) is 0 Å². The van der Waals surface area contributed by atoms with E-state index in [9.17, 15) is 4.79 Å². The average Bonchev–Trinajstić information content (AvgIpc) is 3.34. The zero-order valence-corrected chi connectivity index (χ0v) is 16.7. The van der Waals surface area contributed by atoms with E-state index >= 15 is 0 Å². The van der Waals surface area contributed by atoms with E-state index < -0.39 is 0 Å². The van der Waals surface area contributed by atoms with Crippen LogP contribution in [0.3, 0.4) is 0 Å². The number of hydrogen-bond acceptors (Lipinski definition) is 5. The van der Waals surface area contributed by atoms with Gasteiger partial charge in [-0.05, 0) is 58.1 Å². The molecule has 1 aromatic carbocycles. The number of hydrogen-bond donors (Lipinski definition) is 1. The molecule has 2 aromatic heterocycles. The number of amides is 1. The minimum absolute atomic E-state index is 0.215. The second kappa shape index (κ2) is 8.40. The molecule has 0 spiro atoms. The van der Waals surface area contributed by atoms with Crippen LogP contribution >= 0.6 is 0 Å². The van der Waals surface area contributed by atoms with Gasteiger partial charge in [0.15, 0.2) is 0 Å². The maximum Gasteiger partial charge on any atom is 0.249 e. The molecule has 0 atom stereocenters. The lowest BCUT2D eigenvalue weighted by molar-refractivity contribution is -0.111. The van der Waals surface area contributed by atoms with E-state index in [2.05, 4.69) is 32.6 Å². The largest absolute Gasteiger partial charge is 0.307 e. The highest BCUT2D eigenvalue weighted by Crippen LogP contribution is 2.25. The predicted octanol–water partition coefficient (Wildman–Crippen LogP) is 2.69. The molecule has 8 heteroatoms. The van der Waals surface area contributed by atoms with Crippen molar-refractivity contribution in [1.82, 2.24) is 29.7 Å². The molecular weight excluding hydrogens is 366 g/mol. The highest BCUT2D eigenvalue weighted by atomic mass is 16.1. The van der Waals surface area contributed by atoms with E-state index in [1.54, 1.807) is 12.3 Å². The molecule has 1 aliphatic rings. The second-order valence-corrected chi connectivity index (χ2v) is 7.37. The molecule has 3 aromatic rings. The lowest BCUT2D eigenvalue weighted by Gasteiger charge is -2.29. The number of aromatic nitrogens is 5. The lowest BCUT2D eigenvalue weighted by Crippen LogP contribution is -2.32. The summed E-state index contributed by atoms with van der Waals surface area (Å²) in [7, 11) is 2.13. The standard InChI is InChI=1S/C21H25N7O/c1-16-14-20(27(24-16)18-10-12-26(2)13-11-18)23-21(29)9-8-17-15-22-28(25-17)19-6-4-3-5-7-19/h3-9,14-15,18H,10-13H2,1-2H3,(H,23,29)/b9-8+. The molecule has 0 bridgehead atoms. The third-order valence-electron chi connectivity index (χ3n) is 5.05. The molecule has 1 aliphatic heterocycles. The monoisotopic (exact) mass is 391 g/mol. The van der Waals surface area contributed by atoms with Crippen LogP contribution in [0.2, 0.25) is 0 Å². The molecule has 150 valence electrons. The molecule has 29 heavy (non-hydrogen) atoms. The van der Waals surface area contributed by atoms with Gasteiger partial charge in [-0.25, -0.2) is 4.68 Å². The Bertz CT molecular complexity index is 997. The van der Waals surface area contributed by atoms with Crippen LogP contribution in [-0.4, -0.2) is 55.7 Å². The van der Waals surface area contributed by atoms with Crippen LogP contribution in [0.1, 0.15) is 30.3 Å². The molecule has 0 aliphatic carbocycles. The minimum Gasteiger partial charge on any atom is -0.307 e. The normalized spacial score (nSPS) is 15.8. The number of likely N-dealkylation sites (tertiary alicyclic amines) is 1. The molecular formula is C21H25N7O. The number of rotatable bonds is 5. The number of nitrogens with one attached hydrogen (secondary N) is 1. The molecule has 0 radical (unpaired) electrons. The summed E-state index contributed by atoms with van der Waals surface area (Å²) in [5.74, 6) is 0.521. The topological polar surface area (TPSA) is 80.9 Å². The Morgan fingerprint density at radius 2 is 1.93 bits per heavy atom. The first kappa shape index (κ1) is 19.1. The van der Waals surface area contributed by atoms with Gasteiger partial charge in [-0.15, -0.1) is 5.10 Å². The molecule has 0 unspecified atom stereocenters. The van der Waals surface area contributed by atoms with Gasteiger partial charge in [0.2, 0.25) is 5.91 Å². The summed E-state index contributed by atoms with van der Waals surface area (Å²) in [5, 5.41) is 16.2. The first-order valence-corrected chi connectivity index (χ1v) is 9.80. The van der Waals surface area contributed by atoms with Crippen molar-refractivity contribution >= 4 is 17.8 Å². The van der Waals surface area contributed by atoms with Crippen LogP contribution in [0, 0.1) is 6.92 Å². The summed E-state index contributed by atoms with van der Waals surface area (Å²) < 4.78 is 1.96. The Balaban J connectivity index is 1.42. The number of carbonyl (C=O) groups excluding carboxylic acids is 1. The van der Waals surface area contributed by atoms with Gasteiger partial charge < -0.3 is 10.2 Å². The van der Waals surface area contributed by atoms with Crippen molar-refractivity contribution in [3.63, 3.8) is 0 Å². The first-order chi connectivity index (χ1) is 14.1. The van der Waals surface area contributed by atoms with Gasteiger partial charge in [0.1, 0.15) is 11.5 Å². The van der Waals surface area contributed by atoms with Crippen molar-refractivity contribution in [2.75, 3.05) is 25.5 Å². The smallest absolute Gasteiger partial charge is 0.249 e. The second-order valence-electron chi connectivity index (χ2n) is 7.37. The average molecular weight is 391 g/mol. The van der Waals surface area contributed by atoms with E-state index in [0.29, 0.717) is 11.7 Å². The van der Waals surface area contributed by atoms with Crippen LogP contribution in [-0.2, 0) is 4.79 Å². The predicted molar refractivity (Wildman–Crippen MR) is 112 cm³/mol. The zero-order valence-electron chi connectivity index (χ0n) is 16.7. The minimum atomic E-state index is -0.215. The van der Waals surface area contributed by atoms with Crippen molar-refractivity contribution in [1.29, 1.82) is 0 Å². The Kier molecular flexibility index (Phi) is 5.53. The van der Waals surface area contributed by atoms with Crippen molar-refractivity contribution in [2.45, 2.75) is 25.8 Å². The number of aryl methyl sites for hydroxylation is 1. The van der Waals surface area contributed by atoms with Crippen molar-refractivity contribution in [3.8, 4) is 5.69 Å². The molecule has 0 saturated carbocycles. The highest BCUT2D eigenvalue weighted by Gasteiger charge is 2.22. The van der Waals surface area contributed by atoms with Gasteiger partial charge >= 0.3 is 0 Å². The molecule has 8 nitrogen and oxygen atoms in total. The Morgan fingerprint density at radius 3 is 2.69 bits per heavy atom. The molecule has 1 fully saturated rings. The Hall–Kier alpha value is -3.26.